The number of rotatable bonds is 6. The number of fused-ring (bicyclic) bond motifs is 1. The molecule has 0 aliphatic carbocycles. The van der Waals surface area contributed by atoms with Gasteiger partial charge in [0.15, 0.2) is 5.82 Å². The summed E-state index contributed by atoms with van der Waals surface area (Å²) in [5, 5.41) is 9.27. The van der Waals surface area contributed by atoms with Gasteiger partial charge in [-0.2, -0.15) is 13.9 Å². The molecule has 2 heterocycles. The van der Waals surface area contributed by atoms with Gasteiger partial charge in [0.05, 0.1) is 10.8 Å². The highest BCUT2D eigenvalue weighted by Crippen LogP contribution is 2.36. The lowest BCUT2D eigenvalue weighted by molar-refractivity contribution is 0.0333. The largest absolute Gasteiger partial charge is 0.331 e. The lowest BCUT2D eigenvalue weighted by Crippen LogP contribution is -2.20. The van der Waals surface area contributed by atoms with Crippen LogP contribution >= 0.6 is 0 Å². The molecule has 0 bridgehead atoms. The average Bonchev–Trinajstić information content (AvgIpc) is 3.17. The zero-order chi connectivity index (χ0) is 23.0. The fourth-order valence-electron chi connectivity index (χ4n) is 3.16. The minimum Gasteiger partial charge on any atom is -0.323 e. The number of H-pyrrole nitrogens is 1. The molecule has 1 atom stereocenters. The van der Waals surface area contributed by atoms with Crippen LogP contribution in [0.15, 0.2) is 48.5 Å². The predicted octanol–water partition coefficient (Wildman–Crippen LogP) is 4.36. The normalized spacial score (nSPS) is 12.9. The molecular formula is C21H18F3N5O2S. The SMILES string of the molecule is Cc1cc(Nc2nc(C(F)(F)c3ccc(F)cc3)nc3cc(C(C)[SH](=O)=O)ccc23)n[nH]1. The van der Waals surface area contributed by atoms with E-state index in [4.69, 9.17) is 0 Å². The van der Waals surface area contributed by atoms with Gasteiger partial charge in [0.2, 0.25) is 5.82 Å². The number of anilines is 2. The maximum absolute atomic E-state index is 15.3. The number of alkyl halides is 2. The molecule has 7 nitrogen and oxygen atoms in total. The summed E-state index contributed by atoms with van der Waals surface area (Å²) in [5.41, 5.74) is 0.808. The van der Waals surface area contributed by atoms with Crippen molar-refractivity contribution in [3.8, 4) is 0 Å². The summed E-state index contributed by atoms with van der Waals surface area (Å²) in [6.45, 7) is 3.27. The summed E-state index contributed by atoms with van der Waals surface area (Å²) >= 11 is 0. The van der Waals surface area contributed by atoms with Crippen molar-refractivity contribution in [3.63, 3.8) is 0 Å². The van der Waals surface area contributed by atoms with Crippen LogP contribution < -0.4 is 5.32 Å². The second kappa shape index (κ2) is 8.23. The molecule has 4 aromatic rings. The maximum atomic E-state index is 15.3. The van der Waals surface area contributed by atoms with Crippen LogP contribution in [0.2, 0.25) is 0 Å². The number of hydrogen-bond acceptors (Lipinski definition) is 6. The molecular weight excluding hydrogens is 443 g/mol. The molecule has 0 amide bonds. The van der Waals surface area contributed by atoms with Crippen LogP contribution in [0.25, 0.3) is 10.9 Å². The van der Waals surface area contributed by atoms with Crippen molar-refractivity contribution < 1.29 is 21.6 Å². The molecule has 0 radical (unpaired) electrons. The van der Waals surface area contributed by atoms with Gasteiger partial charge in [-0.25, -0.2) is 22.8 Å². The monoisotopic (exact) mass is 461 g/mol. The Morgan fingerprint density at radius 1 is 1.06 bits per heavy atom. The summed E-state index contributed by atoms with van der Waals surface area (Å²) in [5.74, 6) is -4.67. The first-order valence-corrected chi connectivity index (χ1v) is 10.8. The second-order valence-electron chi connectivity index (χ2n) is 7.28. The van der Waals surface area contributed by atoms with Gasteiger partial charge >= 0.3 is 5.92 Å². The van der Waals surface area contributed by atoms with Crippen LogP contribution in [-0.2, 0) is 16.6 Å². The van der Waals surface area contributed by atoms with Crippen LogP contribution in [0.3, 0.4) is 0 Å². The Bertz CT molecular complexity index is 1360. The summed E-state index contributed by atoms with van der Waals surface area (Å²) in [6, 6.07) is 10.1. The highest BCUT2D eigenvalue weighted by Gasteiger charge is 2.38. The van der Waals surface area contributed by atoms with Crippen molar-refractivity contribution in [2.24, 2.45) is 0 Å². The van der Waals surface area contributed by atoms with E-state index in [0.29, 0.717) is 16.8 Å². The number of aromatic nitrogens is 4. The third-order valence-corrected chi connectivity index (χ3v) is 5.89. The minimum atomic E-state index is -3.63. The first kappa shape index (κ1) is 21.8. The van der Waals surface area contributed by atoms with Gasteiger partial charge in [0, 0.05) is 22.7 Å². The average molecular weight is 461 g/mol. The van der Waals surface area contributed by atoms with Gasteiger partial charge in [-0.05, 0) is 55.8 Å². The molecule has 0 spiro atoms. The molecule has 0 fully saturated rings. The number of nitrogens with one attached hydrogen (secondary N) is 2. The van der Waals surface area contributed by atoms with Gasteiger partial charge in [-0.15, -0.1) is 0 Å². The van der Waals surface area contributed by atoms with Crippen LogP contribution in [0.1, 0.15) is 34.8 Å². The van der Waals surface area contributed by atoms with Crippen molar-refractivity contribution in [2.45, 2.75) is 25.0 Å². The first-order valence-electron chi connectivity index (χ1n) is 9.53. The van der Waals surface area contributed by atoms with Crippen molar-refractivity contribution in [1.29, 1.82) is 0 Å². The topological polar surface area (TPSA) is 101 Å². The van der Waals surface area contributed by atoms with Crippen LogP contribution in [0.4, 0.5) is 24.8 Å². The van der Waals surface area contributed by atoms with Crippen LogP contribution in [0.5, 0.6) is 0 Å². The number of thiol groups is 1. The minimum absolute atomic E-state index is 0.0731. The molecule has 2 aromatic heterocycles. The maximum Gasteiger partial charge on any atom is 0.331 e. The molecule has 2 aromatic carbocycles. The summed E-state index contributed by atoms with van der Waals surface area (Å²) in [4.78, 5) is 8.08. The first-order chi connectivity index (χ1) is 15.1. The lowest BCUT2D eigenvalue weighted by Gasteiger charge is -2.18. The fraction of sp³-hybridized carbons (Fsp3) is 0.190. The Hall–Kier alpha value is -3.47. The Kier molecular flexibility index (Phi) is 5.59. The number of hydrogen-bond donors (Lipinski definition) is 3. The zero-order valence-electron chi connectivity index (χ0n) is 16.9. The van der Waals surface area contributed by atoms with E-state index in [-0.39, 0.29) is 11.3 Å². The standard InChI is InChI=1S/C21H18F3N5O2S/c1-11-9-18(29-28-11)26-19-16-8-3-13(12(2)32(30)31)10-17(16)25-20(27-19)21(23,24)14-4-6-15(22)7-5-14/h3-10,12,32H,1-2H3,(H2,25,26,27,28,29). The Morgan fingerprint density at radius 2 is 1.78 bits per heavy atom. The van der Waals surface area contributed by atoms with Gasteiger partial charge in [0.1, 0.15) is 22.3 Å². The third-order valence-electron chi connectivity index (χ3n) is 4.96. The van der Waals surface area contributed by atoms with E-state index in [1.165, 1.54) is 13.0 Å². The number of halogens is 3. The van der Waals surface area contributed by atoms with Gasteiger partial charge in [0.25, 0.3) is 0 Å². The number of aromatic amines is 1. The predicted molar refractivity (Wildman–Crippen MR) is 114 cm³/mol. The van der Waals surface area contributed by atoms with Crippen molar-refractivity contribution in [2.75, 3.05) is 5.32 Å². The van der Waals surface area contributed by atoms with Crippen molar-refractivity contribution in [1.82, 2.24) is 20.2 Å². The van der Waals surface area contributed by atoms with E-state index >= 15 is 8.78 Å². The zero-order valence-corrected chi connectivity index (χ0v) is 17.8. The molecule has 11 heteroatoms. The van der Waals surface area contributed by atoms with E-state index in [9.17, 15) is 12.8 Å². The molecule has 166 valence electrons. The molecule has 2 N–H and O–H groups in total. The van der Waals surface area contributed by atoms with E-state index in [1.54, 1.807) is 25.1 Å². The molecule has 4 rings (SSSR count). The number of aryl methyl sites for hydroxylation is 1. The smallest absolute Gasteiger partial charge is 0.323 e. The Balaban J connectivity index is 1.90. The van der Waals surface area contributed by atoms with Gasteiger partial charge in [-0.3, -0.25) is 5.10 Å². The van der Waals surface area contributed by atoms with Crippen LogP contribution in [-0.4, -0.2) is 28.6 Å². The van der Waals surface area contributed by atoms with E-state index in [0.717, 1.165) is 30.0 Å². The molecule has 0 aliphatic rings. The number of benzene rings is 2. The molecule has 0 saturated carbocycles. The molecule has 0 aliphatic heterocycles. The van der Waals surface area contributed by atoms with E-state index < -0.39 is 39.1 Å². The quantitative estimate of drug-likeness (QED) is 0.369. The summed E-state index contributed by atoms with van der Waals surface area (Å²) in [6.07, 6.45) is 0. The Labute approximate surface area is 182 Å². The van der Waals surface area contributed by atoms with E-state index in [1.807, 2.05) is 0 Å². The highest BCUT2D eigenvalue weighted by molar-refractivity contribution is 7.72. The van der Waals surface area contributed by atoms with Gasteiger partial charge < -0.3 is 5.32 Å². The summed E-state index contributed by atoms with van der Waals surface area (Å²) < 4.78 is 66.6. The second-order valence-corrected chi connectivity index (χ2v) is 8.62. The van der Waals surface area contributed by atoms with Gasteiger partial charge in [-0.1, -0.05) is 6.07 Å². The number of nitrogens with zero attached hydrogens (tertiary/aromatic N) is 3. The molecule has 32 heavy (non-hydrogen) atoms. The van der Waals surface area contributed by atoms with Crippen molar-refractivity contribution >= 4 is 33.2 Å². The fourth-order valence-corrected chi connectivity index (χ4v) is 3.56. The highest BCUT2D eigenvalue weighted by atomic mass is 32.2. The summed E-state index contributed by atoms with van der Waals surface area (Å²) in [7, 11) is -2.76. The third kappa shape index (κ3) is 4.15. The Morgan fingerprint density at radius 3 is 2.41 bits per heavy atom. The van der Waals surface area contributed by atoms with Crippen LogP contribution in [0, 0.1) is 12.7 Å². The van der Waals surface area contributed by atoms with Crippen molar-refractivity contribution in [3.05, 3.63) is 77.0 Å². The molecule has 0 saturated heterocycles. The lowest BCUT2D eigenvalue weighted by atomic mass is 10.1. The van der Waals surface area contributed by atoms with E-state index in [2.05, 4.69) is 25.5 Å². The molecule has 1 unspecified atom stereocenters.